The topological polar surface area (TPSA) is 56.3 Å². The van der Waals surface area contributed by atoms with Gasteiger partial charge in [0, 0.05) is 45.8 Å². The summed E-state index contributed by atoms with van der Waals surface area (Å²) in [7, 11) is 1.67. The number of anilines is 1. The lowest BCUT2D eigenvalue weighted by Gasteiger charge is -2.37. The summed E-state index contributed by atoms with van der Waals surface area (Å²) in [5.41, 5.74) is 2.16. The lowest BCUT2D eigenvalue weighted by molar-refractivity contribution is -0.131. The van der Waals surface area contributed by atoms with Gasteiger partial charge in [0.15, 0.2) is 0 Å². The molecule has 0 radical (unpaired) electrons. The van der Waals surface area contributed by atoms with E-state index in [4.69, 9.17) is 4.74 Å². The average molecular weight is 409 g/mol. The van der Waals surface area contributed by atoms with Crippen LogP contribution in [0.1, 0.15) is 5.56 Å². The molecule has 0 bridgehead atoms. The summed E-state index contributed by atoms with van der Waals surface area (Å²) in [5.74, 6) is 0.864. The second kappa shape index (κ2) is 9.07. The van der Waals surface area contributed by atoms with E-state index in [1.165, 1.54) is 0 Å². The molecule has 7 nitrogen and oxygen atoms in total. The van der Waals surface area contributed by atoms with E-state index in [1.54, 1.807) is 12.0 Å². The van der Waals surface area contributed by atoms with Gasteiger partial charge in [-0.25, -0.2) is 4.79 Å². The zero-order valence-corrected chi connectivity index (χ0v) is 17.4. The van der Waals surface area contributed by atoms with Crippen molar-refractivity contribution in [3.05, 3.63) is 60.2 Å². The molecule has 0 aromatic heterocycles. The lowest BCUT2D eigenvalue weighted by atomic mass is 10.2. The number of carbonyl (C=O) groups is 2. The first kappa shape index (κ1) is 20.1. The quantitative estimate of drug-likeness (QED) is 0.736. The van der Waals surface area contributed by atoms with Crippen LogP contribution in [-0.4, -0.2) is 79.6 Å². The summed E-state index contributed by atoms with van der Waals surface area (Å²) < 4.78 is 5.45. The molecule has 2 heterocycles. The molecule has 0 aliphatic carbocycles. The standard InChI is InChI=1S/C23H28N4O3/c1-30-21-10-6-5-9-20(21)24-11-13-25(14-12-24)22(28)18-27-16-15-26(23(27)29)17-19-7-3-2-4-8-19/h2-10H,11-18H2,1H3. The van der Waals surface area contributed by atoms with Crippen molar-refractivity contribution in [3.8, 4) is 5.75 Å². The minimum absolute atomic E-state index is 0.0181. The van der Waals surface area contributed by atoms with Crippen LogP contribution >= 0.6 is 0 Å². The number of hydrogen-bond donors (Lipinski definition) is 0. The Labute approximate surface area is 177 Å². The van der Waals surface area contributed by atoms with Crippen molar-refractivity contribution in [3.63, 3.8) is 0 Å². The number of hydrogen-bond acceptors (Lipinski definition) is 4. The van der Waals surface area contributed by atoms with Crippen LogP contribution in [0.15, 0.2) is 54.6 Å². The number of ether oxygens (including phenoxy) is 1. The fourth-order valence-electron chi connectivity index (χ4n) is 4.08. The summed E-state index contributed by atoms with van der Waals surface area (Å²) in [6.45, 7) is 4.78. The number of methoxy groups -OCH3 is 1. The van der Waals surface area contributed by atoms with Crippen molar-refractivity contribution >= 4 is 17.6 Å². The van der Waals surface area contributed by atoms with Gasteiger partial charge in [0.05, 0.1) is 12.8 Å². The fraction of sp³-hybridized carbons (Fsp3) is 0.391. The van der Waals surface area contributed by atoms with E-state index in [2.05, 4.69) is 4.90 Å². The largest absolute Gasteiger partial charge is 0.495 e. The molecule has 0 unspecified atom stereocenters. The Morgan fingerprint density at radius 3 is 2.27 bits per heavy atom. The highest BCUT2D eigenvalue weighted by Gasteiger charge is 2.32. The van der Waals surface area contributed by atoms with Crippen molar-refractivity contribution in [2.24, 2.45) is 0 Å². The number of piperazine rings is 1. The lowest BCUT2D eigenvalue weighted by Crippen LogP contribution is -2.51. The van der Waals surface area contributed by atoms with Crippen molar-refractivity contribution in [1.82, 2.24) is 14.7 Å². The maximum Gasteiger partial charge on any atom is 0.320 e. The zero-order valence-electron chi connectivity index (χ0n) is 17.4. The number of benzene rings is 2. The molecule has 0 spiro atoms. The summed E-state index contributed by atoms with van der Waals surface area (Å²) in [6.07, 6.45) is 0. The van der Waals surface area contributed by atoms with Gasteiger partial charge in [-0.2, -0.15) is 0 Å². The molecule has 0 N–H and O–H groups in total. The van der Waals surface area contributed by atoms with Gasteiger partial charge >= 0.3 is 6.03 Å². The second-order valence-electron chi connectivity index (χ2n) is 7.65. The van der Waals surface area contributed by atoms with Gasteiger partial charge in [0.1, 0.15) is 12.3 Å². The van der Waals surface area contributed by atoms with E-state index >= 15 is 0 Å². The third-order valence-electron chi connectivity index (χ3n) is 5.78. The van der Waals surface area contributed by atoms with E-state index in [1.807, 2.05) is 64.4 Å². The molecule has 0 atom stereocenters. The van der Waals surface area contributed by atoms with Gasteiger partial charge in [-0.1, -0.05) is 42.5 Å². The van der Waals surface area contributed by atoms with Crippen molar-refractivity contribution in [1.29, 1.82) is 0 Å². The highest BCUT2D eigenvalue weighted by atomic mass is 16.5. The molecule has 7 heteroatoms. The number of para-hydroxylation sites is 2. The van der Waals surface area contributed by atoms with E-state index < -0.39 is 0 Å². The molecule has 2 aromatic rings. The van der Waals surface area contributed by atoms with Gasteiger partial charge in [-0.05, 0) is 17.7 Å². The van der Waals surface area contributed by atoms with Gasteiger partial charge < -0.3 is 24.3 Å². The highest BCUT2D eigenvalue weighted by Crippen LogP contribution is 2.28. The molecule has 2 fully saturated rings. The average Bonchev–Trinajstić information content (AvgIpc) is 3.13. The van der Waals surface area contributed by atoms with Crippen molar-refractivity contribution < 1.29 is 14.3 Å². The van der Waals surface area contributed by atoms with E-state index in [0.717, 1.165) is 30.1 Å². The van der Waals surface area contributed by atoms with Gasteiger partial charge in [-0.15, -0.1) is 0 Å². The Balaban J connectivity index is 1.28. The molecule has 2 aromatic carbocycles. The Kier molecular flexibility index (Phi) is 6.07. The van der Waals surface area contributed by atoms with E-state index in [-0.39, 0.29) is 18.5 Å². The van der Waals surface area contributed by atoms with Crippen LogP contribution in [0.4, 0.5) is 10.5 Å². The van der Waals surface area contributed by atoms with Crippen LogP contribution in [-0.2, 0) is 11.3 Å². The first-order chi connectivity index (χ1) is 14.7. The molecular formula is C23H28N4O3. The fourth-order valence-corrected chi connectivity index (χ4v) is 4.08. The molecule has 4 rings (SSSR count). The van der Waals surface area contributed by atoms with Gasteiger partial charge in [0.25, 0.3) is 0 Å². The van der Waals surface area contributed by atoms with E-state index in [9.17, 15) is 9.59 Å². The maximum absolute atomic E-state index is 12.8. The minimum atomic E-state index is -0.0557. The number of nitrogens with zero attached hydrogens (tertiary/aromatic N) is 4. The summed E-state index contributed by atoms with van der Waals surface area (Å²) in [5, 5.41) is 0. The smallest absolute Gasteiger partial charge is 0.320 e. The third-order valence-corrected chi connectivity index (χ3v) is 5.78. The summed E-state index contributed by atoms with van der Waals surface area (Å²) >= 11 is 0. The first-order valence-corrected chi connectivity index (χ1v) is 10.4. The monoisotopic (exact) mass is 408 g/mol. The molecular weight excluding hydrogens is 380 g/mol. The molecule has 2 saturated heterocycles. The Bertz CT molecular complexity index is 881. The first-order valence-electron chi connectivity index (χ1n) is 10.4. The van der Waals surface area contributed by atoms with Gasteiger partial charge in [-0.3, -0.25) is 4.79 Å². The van der Waals surface area contributed by atoms with E-state index in [0.29, 0.717) is 32.7 Å². The van der Waals surface area contributed by atoms with Gasteiger partial charge in [0.2, 0.25) is 5.91 Å². The van der Waals surface area contributed by atoms with Crippen LogP contribution in [0.25, 0.3) is 0 Å². The van der Waals surface area contributed by atoms with Crippen LogP contribution in [0.3, 0.4) is 0 Å². The normalized spacial score (nSPS) is 16.9. The zero-order chi connectivity index (χ0) is 20.9. The SMILES string of the molecule is COc1ccccc1N1CCN(C(=O)CN2CCN(Cc3ccccc3)C2=O)CC1. The number of amides is 3. The van der Waals surface area contributed by atoms with Crippen LogP contribution < -0.4 is 9.64 Å². The summed E-state index contributed by atoms with van der Waals surface area (Å²) in [4.78, 5) is 33.1. The van der Waals surface area contributed by atoms with Crippen LogP contribution in [0.2, 0.25) is 0 Å². The van der Waals surface area contributed by atoms with Crippen molar-refractivity contribution in [2.75, 3.05) is 57.8 Å². The summed E-state index contributed by atoms with van der Waals surface area (Å²) in [6, 6.07) is 17.8. The second-order valence-corrected chi connectivity index (χ2v) is 7.65. The predicted octanol–water partition coefficient (Wildman–Crippen LogP) is 2.28. The predicted molar refractivity (Wildman–Crippen MR) is 116 cm³/mol. The maximum atomic E-state index is 12.8. The van der Waals surface area contributed by atoms with Crippen LogP contribution in [0.5, 0.6) is 5.75 Å². The number of carbonyl (C=O) groups excluding carboxylic acids is 2. The minimum Gasteiger partial charge on any atom is -0.495 e. The van der Waals surface area contributed by atoms with Crippen molar-refractivity contribution in [2.45, 2.75) is 6.54 Å². The van der Waals surface area contributed by atoms with Crippen LogP contribution in [0, 0.1) is 0 Å². The Hall–Kier alpha value is -3.22. The Morgan fingerprint density at radius 1 is 0.867 bits per heavy atom. The number of rotatable bonds is 6. The number of urea groups is 1. The Morgan fingerprint density at radius 2 is 1.53 bits per heavy atom. The highest BCUT2D eigenvalue weighted by molar-refractivity contribution is 5.85. The molecule has 2 aliphatic heterocycles. The molecule has 158 valence electrons. The molecule has 3 amide bonds. The molecule has 2 aliphatic rings. The molecule has 0 saturated carbocycles. The third kappa shape index (κ3) is 4.35. The molecule has 30 heavy (non-hydrogen) atoms.